The SMILES string of the molecule is O=C(Nc1ccccn1)C1CCN(C(=O)Cc2ccc(Cl)cc2)CC1. The van der Waals surface area contributed by atoms with Crippen molar-refractivity contribution < 1.29 is 9.59 Å². The van der Waals surface area contributed by atoms with Gasteiger partial charge in [-0.2, -0.15) is 0 Å². The second-order valence-electron chi connectivity index (χ2n) is 6.16. The maximum Gasteiger partial charge on any atom is 0.228 e. The van der Waals surface area contributed by atoms with Crippen molar-refractivity contribution in [3.8, 4) is 0 Å². The first-order chi connectivity index (χ1) is 12.1. The molecule has 130 valence electrons. The Balaban J connectivity index is 1.48. The molecule has 0 radical (unpaired) electrons. The van der Waals surface area contributed by atoms with Crippen LogP contribution in [0.3, 0.4) is 0 Å². The molecule has 2 aromatic rings. The van der Waals surface area contributed by atoms with Gasteiger partial charge in [0.05, 0.1) is 6.42 Å². The second-order valence-corrected chi connectivity index (χ2v) is 6.60. The Labute approximate surface area is 152 Å². The van der Waals surface area contributed by atoms with Crippen molar-refractivity contribution in [3.05, 3.63) is 59.2 Å². The molecule has 2 amide bonds. The summed E-state index contributed by atoms with van der Waals surface area (Å²) in [4.78, 5) is 30.6. The second kappa shape index (κ2) is 8.12. The van der Waals surface area contributed by atoms with Crippen molar-refractivity contribution in [1.82, 2.24) is 9.88 Å². The molecule has 1 saturated heterocycles. The van der Waals surface area contributed by atoms with E-state index in [9.17, 15) is 9.59 Å². The molecule has 0 aliphatic carbocycles. The van der Waals surface area contributed by atoms with Crippen LogP contribution in [0, 0.1) is 5.92 Å². The van der Waals surface area contributed by atoms with Gasteiger partial charge in [-0.15, -0.1) is 0 Å². The number of aromatic nitrogens is 1. The molecule has 0 unspecified atom stereocenters. The van der Waals surface area contributed by atoms with Crippen molar-refractivity contribution in [2.45, 2.75) is 19.3 Å². The van der Waals surface area contributed by atoms with Gasteiger partial charge in [-0.1, -0.05) is 29.8 Å². The number of benzene rings is 1. The molecule has 1 aromatic heterocycles. The summed E-state index contributed by atoms with van der Waals surface area (Å²) >= 11 is 5.86. The molecule has 0 spiro atoms. The van der Waals surface area contributed by atoms with E-state index in [1.807, 2.05) is 23.1 Å². The molecule has 0 atom stereocenters. The van der Waals surface area contributed by atoms with Crippen LogP contribution in [0.1, 0.15) is 18.4 Å². The molecule has 1 aliphatic heterocycles. The number of nitrogens with one attached hydrogen (secondary N) is 1. The molecule has 1 aliphatic rings. The number of pyridine rings is 1. The van der Waals surface area contributed by atoms with Crippen LogP contribution in [-0.4, -0.2) is 34.8 Å². The lowest BCUT2D eigenvalue weighted by molar-refractivity contribution is -0.133. The number of carbonyl (C=O) groups excluding carboxylic acids is 2. The van der Waals surface area contributed by atoms with Crippen LogP contribution < -0.4 is 5.32 Å². The van der Waals surface area contributed by atoms with Crippen molar-refractivity contribution in [1.29, 1.82) is 0 Å². The van der Waals surface area contributed by atoms with Crippen LogP contribution in [0.25, 0.3) is 0 Å². The number of nitrogens with zero attached hydrogens (tertiary/aromatic N) is 2. The maximum atomic E-state index is 12.4. The smallest absolute Gasteiger partial charge is 0.228 e. The lowest BCUT2D eigenvalue weighted by Gasteiger charge is -2.31. The monoisotopic (exact) mass is 357 g/mol. The highest BCUT2D eigenvalue weighted by atomic mass is 35.5. The average Bonchev–Trinajstić information content (AvgIpc) is 2.64. The largest absolute Gasteiger partial charge is 0.342 e. The molecule has 25 heavy (non-hydrogen) atoms. The van der Waals surface area contributed by atoms with Crippen molar-refractivity contribution in [2.24, 2.45) is 5.92 Å². The highest BCUT2D eigenvalue weighted by Gasteiger charge is 2.27. The number of amides is 2. The summed E-state index contributed by atoms with van der Waals surface area (Å²) in [5.74, 6) is 0.546. The van der Waals surface area contributed by atoms with Crippen LogP contribution in [0.2, 0.25) is 5.02 Å². The molecule has 0 saturated carbocycles. The molecule has 0 bridgehead atoms. The standard InChI is InChI=1S/C19H20ClN3O2/c20-16-6-4-14(5-7-16)13-18(24)23-11-8-15(9-12-23)19(25)22-17-3-1-2-10-21-17/h1-7,10,15H,8-9,11-13H2,(H,21,22,25). The number of rotatable bonds is 4. The molecule has 1 N–H and O–H groups in total. The minimum Gasteiger partial charge on any atom is -0.342 e. The average molecular weight is 358 g/mol. The summed E-state index contributed by atoms with van der Waals surface area (Å²) in [5, 5.41) is 3.50. The van der Waals surface area contributed by atoms with Crippen LogP contribution in [-0.2, 0) is 16.0 Å². The van der Waals surface area contributed by atoms with E-state index in [-0.39, 0.29) is 17.7 Å². The Morgan fingerprint density at radius 3 is 2.48 bits per heavy atom. The highest BCUT2D eigenvalue weighted by Crippen LogP contribution is 2.20. The Hall–Kier alpha value is -2.40. The minimum absolute atomic E-state index is 0.0245. The molecule has 2 heterocycles. The predicted octanol–water partition coefficient (Wildman–Crippen LogP) is 3.15. The van der Waals surface area contributed by atoms with Crippen LogP contribution in [0.4, 0.5) is 5.82 Å². The molecule has 1 aromatic carbocycles. The van der Waals surface area contributed by atoms with E-state index in [2.05, 4.69) is 10.3 Å². The molecular formula is C19H20ClN3O2. The van der Waals surface area contributed by atoms with Crippen molar-refractivity contribution >= 4 is 29.2 Å². The van der Waals surface area contributed by atoms with Gasteiger partial charge in [0.2, 0.25) is 11.8 Å². The van der Waals surface area contributed by atoms with Gasteiger partial charge in [-0.3, -0.25) is 9.59 Å². The predicted molar refractivity (Wildman–Crippen MR) is 97.3 cm³/mol. The Bertz CT molecular complexity index is 726. The molecule has 6 heteroatoms. The fourth-order valence-electron chi connectivity index (χ4n) is 2.94. The van der Waals surface area contributed by atoms with E-state index in [0.717, 1.165) is 5.56 Å². The number of carbonyl (C=O) groups is 2. The summed E-state index contributed by atoms with van der Waals surface area (Å²) in [6, 6.07) is 12.7. The van der Waals surface area contributed by atoms with E-state index >= 15 is 0 Å². The Morgan fingerprint density at radius 2 is 1.84 bits per heavy atom. The summed E-state index contributed by atoms with van der Waals surface area (Å²) in [5.41, 5.74) is 0.949. The third-order valence-electron chi connectivity index (χ3n) is 4.40. The molecular weight excluding hydrogens is 338 g/mol. The quantitative estimate of drug-likeness (QED) is 0.914. The number of piperidine rings is 1. The maximum absolute atomic E-state index is 12.4. The summed E-state index contributed by atoms with van der Waals surface area (Å²) in [6.07, 6.45) is 3.35. The fraction of sp³-hybridized carbons (Fsp3) is 0.316. The number of hydrogen-bond donors (Lipinski definition) is 1. The fourth-order valence-corrected chi connectivity index (χ4v) is 3.07. The zero-order valence-electron chi connectivity index (χ0n) is 13.8. The normalized spacial score (nSPS) is 15.0. The zero-order valence-corrected chi connectivity index (χ0v) is 14.6. The first-order valence-corrected chi connectivity index (χ1v) is 8.74. The number of likely N-dealkylation sites (tertiary alicyclic amines) is 1. The van der Waals surface area contributed by atoms with Gasteiger partial charge in [0, 0.05) is 30.2 Å². The number of anilines is 1. The summed E-state index contributed by atoms with van der Waals surface area (Å²) in [7, 11) is 0. The van der Waals surface area contributed by atoms with Gasteiger partial charge in [0.1, 0.15) is 5.82 Å². The minimum atomic E-state index is -0.0819. The van der Waals surface area contributed by atoms with Crippen molar-refractivity contribution in [2.75, 3.05) is 18.4 Å². The highest BCUT2D eigenvalue weighted by molar-refractivity contribution is 6.30. The van der Waals surface area contributed by atoms with Crippen LogP contribution >= 0.6 is 11.6 Å². The van der Waals surface area contributed by atoms with Gasteiger partial charge in [-0.05, 0) is 42.7 Å². The number of hydrogen-bond acceptors (Lipinski definition) is 3. The van der Waals surface area contributed by atoms with Crippen LogP contribution in [0.5, 0.6) is 0 Å². The van der Waals surface area contributed by atoms with E-state index in [0.29, 0.717) is 43.2 Å². The lowest BCUT2D eigenvalue weighted by atomic mass is 9.95. The lowest BCUT2D eigenvalue weighted by Crippen LogP contribution is -2.42. The first kappa shape index (κ1) is 17.4. The van der Waals surface area contributed by atoms with E-state index in [4.69, 9.17) is 11.6 Å². The van der Waals surface area contributed by atoms with Crippen molar-refractivity contribution in [3.63, 3.8) is 0 Å². The Kier molecular flexibility index (Phi) is 5.66. The molecule has 5 nitrogen and oxygen atoms in total. The number of halogens is 1. The molecule has 3 rings (SSSR count). The third-order valence-corrected chi connectivity index (χ3v) is 4.66. The van der Waals surface area contributed by atoms with E-state index in [1.54, 1.807) is 30.5 Å². The topological polar surface area (TPSA) is 62.3 Å². The van der Waals surface area contributed by atoms with Gasteiger partial charge < -0.3 is 10.2 Å². The Morgan fingerprint density at radius 1 is 1.12 bits per heavy atom. The van der Waals surface area contributed by atoms with E-state index in [1.165, 1.54) is 0 Å². The van der Waals surface area contributed by atoms with Gasteiger partial charge in [0.25, 0.3) is 0 Å². The summed E-state index contributed by atoms with van der Waals surface area (Å²) in [6.45, 7) is 1.21. The first-order valence-electron chi connectivity index (χ1n) is 8.36. The third kappa shape index (κ3) is 4.79. The molecule has 1 fully saturated rings. The van der Waals surface area contributed by atoms with Gasteiger partial charge in [-0.25, -0.2) is 4.98 Å². The van der Waals surface area contributed by atoms with Gasteiger partial charge >= 0.3 is 0 Å². The summed E-state index contributed by atoms with van der Waals surface area (Å²) < 4.78 is 0. The van der Waals surface area contributed by atoms with E-state index < -0.39 is 0 Å². The van der Waals surface area contributed by atoms with Crippen LogP contribution in [0.15, 0.2) is 48.7 Å². The van der Waals surface area contributed by atoms with Gasteiger partial charge in [0.15, 0.2) is 0 Å². The zero-order chi connectivity index (χ0) is 17.6.